The number of nitriles is 1. The summed E-state index contributed by atoms with van der Waals surface area (Å²) in [7, 11) is 0. The number of pyridine rings is 1. The highest BCUT2D eigenvalue weighted by Gasteiger charge is 2.19. The number of hydrogen-bond donors (Lipinski definition) is 1. The molecule has 0 atom stereocenters. The van der Waals surface area contributed by atoms with Gasteiger partial charge in [-0.15, -0.1) is 0 Å². The molecule has 0 fully saturated rings. The molecule has 0 amide bonds. The largest absolute Gasteiger partial charge is 0.423 e. The molecule has 7 nitrogen and oxygen atoms in total. The van der Waals surface area contributed by atoms with Crippen molar-refractivity contribution in [1.82, 2.24) is 4.98 Å². The fraction of sp³-hybridized carbons (Fsp3) is 0.0400. The molecule has 8 heteroatoms. The predicted molar refractivity (Wildman–Crippen MR) is 129 cm³/mol. The first kappa shape index (κ1) is 20.7. The number of aromatic nitrogens is 1. The van der Waals surface area contributed by atoms with E-state index in [0.29, 0.717) is 33.1 Å². The topological polar surface area (TPSA) is 123 Å². The fourth-order valence-electron chi connectivity index (χ4n) is 3.81. The maximum atomic E-state index is 12.8. The van der Waals surface area contributed by atoms with Gasteiger partial charge in [-0.05, 0) is 49.4 Å². The summed E-state index contributed by atoms with van der Waals surface area (Å²) >= 11 is 3.41. The second-order valence-corrected chi connectivity index (χ2v) is 8.45. The molecule has 0 unspecified atom stereocenters. The van der Waals surface area contributed by atoms with Crippen molar-refractivity contribution in [2.75, 3.05) is 5.73 Å². The minimum atomic E-state index is -0.597. The molecule has 0 saturated heterocycles. The number of anilines is 1. The molecule has 2 N–H and O–H groups in total. The lowest BCUT2D eigenvalue weighted by atomic mass is 9.95. The zero-order chi connectivity index (χ0) is 23.3. The van der Waals surface area contributed by atoms with Gasteiger partial charge in [0.2, 0.25) is 0 Å². The van der Waals surface area contributed by atoms with Gasteiger partial charge in [-0.1, -0.05) is 27.6 Å². The zero-order valence-corrected chi connectivity index (χ0v) is 18.8. The van der Waals surface area contributed by atoms with Gasteiger partial charge in [-0.3, -0.25) is 0 Å². The number of aryl methyl sites for hydroxylation is 1. The van der Waals surface area contributed by atoms with Crippen LogP contribution in [0, 0.1) is 18.3 Å². The first-order chi connectivity index (χ1) is 15.8. The Balaban J connectivity index is 1.84. The monoisotopic (exact) mass is 499 g/mol. The number of rotatable bonds is 2. The van der Waals surface area contributed by atoms with Crippen LogP contribution < -0.4 is 17.0 Å². The highest BCUT2D eigenvalue weighted by atomic mass is 79.9. The van der Waals surface area contributed by atoms with Crippen molar-refractivity contribution in [2.45, 2.75) is 6.92 Å². The van der Waals surface area contributed by atoms with Crippen molar-refractivity contribution in [2.24, 2.45) is 0 Å². The molecule has 0 aliphatic heterocycles. The van der Waals surface area contributed by atoms with E-state index in [1.54, 1.807) is 30.3 Å². The van der Waals surface area contributed by atoms with Gasteiger partial charge in [-0.2, -0.15) is 5.26 Å². The van der Waals surface area contributed by atoms with Crippen molar-refractivity contribution < 1.29 is 8.83 Å². The number of nitrogens with two attached hydrogens (primary N) is 1. The molecule has 0 radical (unpaired) electrons. The highest BCUT2D eigenvalue weighted by Crippen LogP contribution is 2.35. The SMILES string of the molecule is Cc1ccc2oc(=O)cc(-c3cc(-c4cc5cc(Br)ccc5oc4=O)nc(N)c3C#N)c2c1. The molecule has 3 heterocycles. The molecule has 0 aliphatic rings. The van der Waals surface area contributed by atoms with Gasteiger partial charge in [0.1, 0.15) is 28.6 Å². The molecule has 0 bridgehead atoms. The normalized spacial score (nSPS) is 11.1. The molecule has 33 heavy (non-hydrogen) atoms. The van der Waals surface area contributed by atoms with Gasteiger partial charge >= 0.3 is 11.3 Å². The summed E-state index contributed by atoms with van der Waals surface area (Å²) in [6, 6.07) is 17.3. The first-order valence-electron chi connectivity index (χ1n) is 9.83. The van der Waals surface area contributed by atoms with E-state index in [0.717, 1.165) is 10.0 Å². The van der Waals surface area contributed by atoms with E-state index in [4.69, 9.17) is 14.6 Å². The van der Waals surface area contributed by atoms with Gasteiger partial charge in [0.15, 0.2) is 0 Å². The first-order valence-corrected chi connectivity index (χ1v) is 10.6. The minimum absolute atomic E-state index is 0.0622. The molecule has 5 rings (SSSR count). The van der Waals surface area contributed by atoms with Crippen molar-refractivity contribution in [1.29, 1.82) is 5.26 Å². The summed E-state index contributed by atoms with van der Waals surface area (Å²) in [5.41, 5.74) is 8.05. The summed E-state index contributed by atoms with van der Waals surface area (Å²) in [4.78, 5) is 29.3. The van der Waals surface area contributed by atoms with Crippen LogP contribution in [0.2, 0.25) is 0 Å². The van der Waals surface area contributed by atoms with Crippen LogP contribution in [0.3, 0.4) is 0 Å². The van der Waals surface area contributed by atoms with Crippen LogP contribution in [0.25, 0.3) is 44.3 Å². The maximum Gasteiger partial charge on any atom is 0.345 e. The van der Waals surface area contributed by atoms with E-state index < -0.39 is 11.3 Å². The van der Waals surface area contributed by atoms with Crippen LogP contribution in [0.1, 0.15) is 11.1 Å². The van der Waals surface area contributed by atoms with Crippen LogP contribution in [-0.2, 0) is 0 Å². The molecular weight excluding hydrogens is 486 g/mol. The quantitative estimate of drug-likeness (QED) is 0.333. The van der Waals surface area contributed by atoms with Crippen molar-refractivity contribution in [3.8, 4) is 28.5 Å². The van der Waals surface area contributed by atoms with Gasteiger partial charge in [0, 0.05) is 32.4 Å². The summed E-state index contributed by atoms with van der Waals surface area (Å²) in [6.07, 6.45) is 0. The Hall–Kier alpha value is -4.22. The van der Waals surface area contributed by atoms with Crippen LogP contribution in [-0.4, -0.2) is 4.98 Å². The fourth-order valence-corrected chi connectivity index (χ4v) is 4.18. The van der Waals surface area contributed by atoms with Crippen molar-refractivity contribution in [3.63, 3.8) is 0 Å². The summed E-state index contributed by atoms with van der Waals surface area (Å²) < 4.78 is 11.6. The number of nitrogens with zero attached hydrogens (tertiary/aromatic N) is 2. The number of nitrogen functional groups attached to an aromatic ring is 1. The number of hydrogen-bond acceptors (Lipinski definition) is 7. The van der Waals surface area contributed by atoms with Crippen LogP contribution in [0.4, 0.5) is 5.82 Å². The smallest absolute Gasteiger partial charge is 0.345 e. The summed E-state index contributed by atoms with van der Waals surface area (Å²) in [5.74, 6) is -0.0622. The lowest BCUT2D eigenvalue weighted by molar-refractivity contribution is 0.561. The minimum Gasteiger partial charge on any atom is -0.423 e. The van der Waals surface area contributed by atoms with Gasteiger partial charge in [-0.25, -0.2) is 14.6 Å². The average molecular weight is 500 g/mol. The van der Waals surface area contributed by atoms with Gasteiger partial charge < -0.3 is 14.6 Å². The van der Waals surface area contributed by atoms with Crippen LogP contribution in [0.5, 0.6) is 0 Å². The van der Waals surface area contributed by atoms with Gasteiger partial charge in [0.25, 0.3) is 0 Å². The standard InChI is InChI=1S/C25H14BrN3O4/c1-12-2-4-22-17(6-12)16(10-23(30)32-22)15-9-20(29-24(28)19(15)11-27)18-8-13-7-14(26)3-5-21(13)33-25(18)31/h2-10H,1H3,(H2,28,29). The Bertz CT molecular complexity index is 1760. The number of benzene rings is 2. The van der Waals surface area contributed by atoms with E-state index in [1.807, 2.05) is 25.1 Å². The summed E-state index contributed by atoms with van der Waals surface area (Å²) in [5, 5.41) is 11.1. The van der Waals surface area contributed by atoms with Crippen molar-refractivity contribution in [3.05, 3.63) is 91.0 Å². The third kappa shape index (κ3) is 3.58. The lowest BCUT2D eigenvalue weighted by Gasteiger charge is -2.12. The zero-order valence-electron chi connectivity index (χ0n) is 17.2. The van der Waals surface area contributed by atoms with E-state index in [2.05, 4.69) is 27.0 Å². The van der Waals surface area contributed by atoms with Gasteiger partial charge in [0.05, 0.1) is 11.3 Å². The Morgan fingerprint density at radius 1 is 0.939 bits per heavy atom. The molecule has 2 aromatic carbocycles. The number of fused-ring (bicyclic) bond motifs is 2. The maximum absolute atomic E-state index is 12.8. The number of halogens is 1. The van der Waals surface area contributed by atoms with Crippen molar-refractivity contribution >= 4 is 43.7 Å². The second-order valence-electron chi connectivity index (χ2n) is 7.54. The average Bonchev–Trinajstić information content (AvgIpc) is 2.78. The molecular formula is C25H14BrN3O4. The molecule has 3 aromatic heterocycles. The van der Waals surface area contributed by atoms with Crippen LogP contribution >= 0.6 is 15.9 Å². The third-order valence-electron chi connectivity index (χ3n) is 5.32. The Morgan fingerprint density at radius 2 is 1.73 bits per heavy atom. The van der Waals surface area contributed by atoms with Crippen LogP contribution in [0.15, 0.2) is 77.5 Å². The van der Waals surface area contributed by atoms with E-state index in [1.165, 1.54) is 6.07 Å². The molecule has 5 aromatic rings. The van der Waals surface area contributed by atoms with E-state index >= 15 is 0 Å². The molecule has 0 saturated carbocycles. The Kier molecular flexibility index (Phi) is 4.84. The Morgan fingerprint density at radius 3 is 2.52 bits per heavy atom. The lowest BCUT2D eigenvalue weighted by Crippen LogP contribution is -2.07. The third-order valence-corrected chi connectivity index (χ3v) is 5.81. The molecule has 0 aliphatic carbocycles. The van der Waals surface area contributed by atoms with E-state index in [9.17, 15) is 14.9 Å². The second kappa shape index (κ2) is 7.73. The molecule has 0 spiro atoms. The van der Waals surface area contributed by atoms with E-state index in [-0.39, 0.29) is 22.6 Å². The summed E-state index contributed by atoms with van der Waals surface area (Å²) in [6.45, 7) is 1.91. The molecule has 160 valence electrons. The highest BCUT2D eigenvalue weighted by molar-refractivity contribution is 9.10. The Labute approximate surface area is 194 Å². The predicted octanol–water partition coefficient (Wildman–Crippen LogP) is 5.15.